The molecule has 1 aliphatic heterocycles. The van der Waals surface area contributed by atoms with Gasteiger partial charge >= 0.3 is 6.03 Å². The van der Waals surface area contributed by atoms with Gasteiger partial charge in [0, 0.05) is 50.9 Å². The van der Waals surface area contributed by atoms with Gasteiger partial charge in [0.2, 0.25) is 11.7 Å². The van der Waals surface area contributed by atoms with E-state index in [0.717, 1.165) is 42.9 Å². The number of nitrogens with zero attached hydrogens (tertiary/aromatic N) is 6. The van der Waals surface area contributed by atoms with Crippen LogP contribution in [0.1, 0.15) is 53.0 Å². The van der Waals surface area contributed by atoms with Crippen molar-refractivity contribution in [3.8, 4) is 0 Å². The van der Waals surface area contributed by atoms with Crippen LogP contribution in [0.25, 0.3) is 11.2 Å². The monoisotopic (exact) mass is 777 g/mol. The van der Waals surface area contributed by atoms with Gasteiger partial charge in [-0.15, -0.1) is 0 Å². The van der Waals surface area contributed by atoms with Gasteiger partial charge in [-0.25, -0.2) is 24.7 Å². The van der Waals surface area contributed by atoms with Gasteiger partial charge in [0.25, 0.3) is 5.91 Å². The number of aromatic nitrogens is 5. The van der Waals surface area contributed by atoms with Gasteiger partial charge < -0.3 is 51.4 Å². The predicted molar refractivity (Wildman–Crippen MR) is 212 cm³/mol. The van der Waals surface area contributed by atoms with E-state index < -0.39 is 42.7 Å². The quantitative estimate of drug-likeness (QED) is 0.0747. The van der Waals surface area contributed by atoms with Crippen LogP contribution in [-0.4, -0.2) is 121 Å². The Morgan fingerprint density at radius 3 is 2.16 bits per heavy atom. The van der Waals surface area contributed by atoms with Crippen molar-refractivity contribution in [3.63, 3.8) is 0 Å². The summed E-state index contributed by atoms with van der Waals surface area (Å²) < 4.78 is 1.57. The van der Waals surface area contributed by atoms with Crippen LogP contribution in [0.3, 0.4) is 0 Å². The highest BCUT2D eigenvalue weighted by Gasteiger charge is 2.44. The van der Waals surface area contributed by atoms with E-state index in [9.17, 15) is 29.7 Å². The molecule has 5 aromatic rings. The minimum Gasteiger partial charge on any atom is -0.388 e. The van der Waals surface area contributed by atoms with E-state index in [1.807, 2.05) is 78.9 Å². The van der Waals surface area contributed by atoms with Crippen LogP contribution in [0.15, 0.2) is 91.4 Å². The van der Waals surface area contributed by atoms with Crippen LogP contribution < -0.4 is 31.5 Å². The molecule has 1 aliphatic carbocycles. The molecule has 2 aliphatic rings. The Kier molecular flexibility index (Phi) is 12.5. The van der Waals surface area contributed by atoms with Crippen molar-refractivity contribution in [2.24, 2.45) is 0 Å². The number of hydrogen-bond acceptors (Lipinski definition) is 12. The maximum absolute atomic E-state index is 13.6. The molecule has 4 heterocycles. The highest BCUT2D eigenvalue weighted by Crippen LogP contribution is 2.34. The molecule has 8 N–H and O–H groups in total. The van der Waals surface area contributed by atoms with Crippen molar-refractivity contribution in [1.82, 2.24) is 45.8 Å². The lowest BCUT2D eigenvalue weighted by Gasteiger charge is -2.33. The number of piperidine rings is 1. The number of carbonyl (C=O) groups excluding carboxylic acids is 3. The minimum atomic E-state index is -1.33. The molecular formula is C40H47N11O6. The molecular weight excluding hydrogens is 731 g/mol. The number of aliphatic hydroxyl groups excluding tert-OH is 3. The van der Waals surface area contributed by atoms with Crippen molar-refractivity contribution in [1.29, 1.82) is 0 Å². The zero-order valence-corrected chi connectivity index (χ0v) is 31.2. The predicted octanol–water partition coefficient (Wildman–Crippen LogP) is 1.31. The van der Waals surface area contributed by atoms with E-state index in [2.05, 4.69) is 51.4 Å². The second-order valence-electron chi connectivity index (χ2n) is 14.2. The summed E-state index contributed by atoms with van der Waals surface area (Å²) in [7, 11) is 0. The number of pyridine rings is 1. The average Bonchev–Trinajstić information content (AvgIpc) is 3.80. The van der Waals surface area contributed by atoms with Gasteiger partial charge in [0.1, 0.15) is 30.1 Å². The molecule has 2 fully saturated rings. The smallest absolute Gasteiger partial charge is 0.315 e. The molecule has 57 heavy (non-hydrogen) atoms. The van der Waals surface area contributed by atoms with Crippen LogP contribution in [0, 0.1) is 0 Å². The summed E-state index contributed by atoms with van der Waals surface area (Å²) in [6.45, 7) is 1.42. The van der Waals surface area contributed by atoms with Gasteiger partial charge in [-0.1, -0.05) is 66.7 Å². The van der Waals surface area contributed by atoms with Crippen molar-refractivity contribution < 1.29 is 29.7 Å². The number of carbonyl (C=O) groups is 3. The van der Waals surface area contributed by atoms with E-state index >= 15 is 0 Å². The molecule has 0 unspecified atom stereocenters. The minimum absolute atomic E-state index is 0.0135. The van der Waals surface area contributed by atoms with Gasteiger partial charge in [-0.05, 0) is 42.5 Å². The van der Waals surface area contributed by atoms with Crippen molar-refractivity contribution in [3.05, 3.63) is 108 Å². The van der Waals surface area contributed by atoms with E-state index in [1.165, 1.54) is 6.33 Å². The second kappa shape index (κ2) is 18.2. The lowest BCUT2D eigenvalue weighted by molar-refractivity contribution is -0.125. The molecule has 0 radical (unpaired) electrons. The largest absolute Gasteiger partial charge is 0.388 e. The fraction of sp³-hybridized carbons (Fsp3) is 0.375. The van der Waals surface area contributed by atoms with E-state index in [-0.39, 0.29) is 54.8 Å². The molecule has 298 valence electrons. The highest BCUT2D eigenvalue weighted by atomic mass is 16.3. The van der Waals surface area contributed by atoms with Crippen molar-refractivity contribution in [2.45, 2.75) is 55.5 Å². The number of rotatable bonds is 14. The van der Waals surface area contributed by atoms with Crippen molar-refractivity contribution in [2.75, 3.05) is 49.5 Å². The van der Waals surface area contributed by atoms with Crippen LogP contribution >= 0.6 is 0 Å². The number of aliphatic hydroxyl groups is 3. The zero-order valence-electron chi connectivity index (χ0n) is 31.2. The summed E-state index contributed by atoms with van der Waals surface area (Å²) in [5, 5.41) is 45.6. The topological polar surface area (TPSA) is 232 Å². The number of hydrogen-bond donors (Lipinski definition) is 8. The number of urea groups is 1. The summed E-state index contributed by atoms with van der Waals surface area (Å²) >= 11 is 0. The summed E-state index contributed by atoms with van der Waals surface area (Å²) in [6, 6.07) is 23.9. The summed E-state index contributed by atoms with van der Waals surface area (Å²) in [5.74, 6) is -0.348. The fourth-order valence-corrected chi connectivity index (χ4v) is 7.52. The third-order valence-electron chi connectivity index (χ3n) is 10.5. The fourth-order valence-electron chi connectivity index (χ4n) is 7.52. The average molecular weight is 778 g/mol. The van der Waals surface area contributed by atoms with Gasteiger partial charge in [0.05, 0.1) is 18.4 Å². The number of fused-ring (bicyclic) bond motifs is 1. The molecule has 0 bridgehead atoms. The Morgan fingerprint density at radius 1 is 0.807 bits per heavy atom. The molecule has 17 nitrogen and oxygen atoms in total. The van der Waals surface area contributed by atoms with E-state index in [0.29, 0.717) is 12.1 Å². The molecule has 2 aromatic carbocycles. The van der Waals surface area contributed by atoms with Crippen LogP contribution in [-0.2, 0) is 4.79 Å². The Hall–Kier alpha value is -6.17. The first kappa shape index (κ1) is 39.1. The third-order valence-corrected chi connectivity index (χ3v) is 10.5. The Balaban J connectivity index is 1.05. The SMILES string of the molecule is O=C(CO)N[C@H]1C[C@@H](n2cnc3c(NCC(c4ccccc4)c4ccccc4)nc(C(=O)NCCNC(=O)NC4CCN(c5ccccn5)CC4)nc32)[C@H](O)[C@@H]1O. The first-order chi connectivity index (χ1) is 27.8. The Morgan fingerprint density at radius 2 is 1.49 bits per heavy atom. The highest BCUT2D eigenvalue weighted by molar-refractivity contribution is 5.94. The van der Waals surface area contributed by atoms with E-state index in [1.54, 1.807) is 10.8 Å². The van der Waals surface area contributed by atoms with E-state index in [4.69, 9.17) is 0 Å². The molecule has 0 spiro atoms. The molecule has 1 saturated carbocycles. The van der Waals surface area contributed by atoms with Gasteiger partial charge in [-0.3, -0.25) is 9.59 Å². The maximum atomic E-state index is 13.6. The molecule has 17 heteroatoms. The van der Waals surface area contributed by atoms with Crippen LogP contribution in [0.2, 0.25) is 0 Å². The number of benzene rings is 2. The Bertz CT molecular complexity index is 2080. The first-order valence-corrected chi connectivity index (χ1v) is 19.1. The molecule has 7 rings (SSSR count). The number of amides is 4. The lowest BCUT2D eigenvalue weighted by Crippen LogP contribution is -2.49. The zero-order chi connectivity index (χ0) is 39.7. The summed E-state index contributed by atoms with van der Waals surface area (Å²) in [4.78, 5) is 58.6. The number of nitrogens with one attached hydrogen (secondary N) is 5. The standard InChI is InChI=1S/C40H47N11O6/c52-23-32(53)47-29-21-30(35(55)34(29)54)51-24-45-33-36(44-22-28(25-9-3-1-4-10-25)26-11-5-2-6-12-26)48-37(49-38(33)51)39(56)42-17-18-43-40(57)46-27-14-19-50(20-15-27)31-13-7-8-16-41-31/h1-13,16,24,27-30,34-35,52,54-55H,14-15,17-23H2,(H,42,56)(H,47,53)(H2,43,46,57)(H,44,48,49)/t29-,30+,34+,35-/m0/s1. The molecule has 1 saturated heterocycles. The lowest BCUT2D eigenvalue weighted by atomic mass is 9.91. The van der Waals surface area contributed by atoms with Crippen LogP contribution in [0.5, 0.6) is 0 Å². The van der Waals surface area contributed by atoms with Gasteiger partial charge in [-0.2, -0.15) is 0 Å². The summed E-state index contributed by atoms with van der Waals surface area (Å²) in [5.41, 5.74) is 2.69. The van der Waals surface area contributed by atoms with Crippen molar-refractivity contribution >= 4 is 40.6 Å². The van der Waals surface area contributed by atoms with Crippen LogP contribution in [0.4, 0.5) is 16.4 Å². The molecule has 3 aromatic heterocycles. The normalized spacial score (nSPS) is 19.7. The Labute approximate surface area is 329 Å². The van der Waals surface area contributed by atoms with Gasteiger partial charge in [0.15, 0.2) is 11.5 Å². The third kappa shape index (κ3) is 9.28. The molecule has 4 amide bonds. The second-order valence-corrected chi connectivity index (χ2v) is 14.2. The first-order valence-electron chi connectivity index (χ1n) is 19.1. The number of imidazole rings is 1. The number of anilines is 2. The summed E-state index contributed by atoms with van der Waals surface area (Å²) in [6.07, 6.45) is 2.24. The molecule has 4 atom stereocenters. The maximum Gasteiger partial charge on any atom is 0.315 e.